The Balaban J connectivity index is 2.18. The van der Waals surface area contributed by atoms with Gasteiger partial charge in [-0.25, -0.2) is 4.79 Å². The first kappa shape index (κ1) is 16.5. The van der Waals surface area contributed by atoms with Crippen molar-refractivity contribution in [3.63, 3.8) is 0 Å². The van der Waals surface area contributed by atoms with Gasteiger partial charge in [0.25, 0.3) is 5.69 Å². The Morgan fingerprint density at radius 2 is 1.96 bits per heavy atom. The first-order valence-corrected chi connectivity index (χ1v) is 7.07. The molecule has 0 radical (unpaired) electrons. The Labute approximate surface area is 133 Å². The van der Waals surface area contributed by atoms with Gasteiger partial charge in [-0.05, 0) is 42.7 Å². The van der Waals surface area contributed by atoms with Crippen LogP contribution < -0.4 is 4.74 Å². The molecular formula is C17H17NO5. The maximum Gasteiger partial charge on any atom is 0.345 e. The molecule has 0 fully saturated rings. The summed E-state index contributed by atoms with van der Waals surface area (Å²) in [7, 11) is 0. The van der Waals surface area contributed by atoms with E-state index < -0.39 is 17.0 Å². The van der Waals surface area contributed by atoms with E-state index >= 15 is 0 Å². The van der Waals surface area contributed by atoms with Gasteiger partial charge in [-0.3, -0.25) is 10.1 Å². The van der Waals surface area contributed by atoms with Gasteiger partial charge in [0.15, 0.2) is 6.10 Å². The second kappa shape index (κ2) is 6.91. The van der Waals surface area contributed by atoms with Crippen molar-refractivity contribution in [1.29, 1.82) is 0 Å². The fourth-order valence-electron chi connectivity index (χ4n) is 2.14. The number of hydrogen-bond acceptors (Lipinski definition) is 4. The number of nitrogens with zero attached hydrogens (tertiary/aromatic N) is 1. The summed E-state index contributed by atoms with van der Waals surface area (Å²) in [5, 5.41) is 20.1. The standard InChI is InChI=1S/C17H17NO5/c1-11-6-7-15(8-12(11)2)23-16(17(19)20)10-13-4-3-5-14(9-13)18(21)22/h3-9,16H,10H2,1-2H3,(H,19,20)/t16-/m0/s1. The molecule has 6 heteroatoms. The lowest BCUT2D eigenvalue weighted by Gasteiger charge is -2.16. The highest BCUT2D eigenvalue weighted by atomic mass is 16.6. The minimum Gasteiger partial charge on any atom is -0.478 e. The molecule has 120 valence electrons. The Morgan fingerprint density at radius 3 is 2.57 bits per heavy atom. The van der Waals surface area contributed by atoms with Crippen LogP contribution in [0.15, 0.2) is 42.5 Å². The van der Waals surface area contributed by atoms with Crippen molar-refractivity contribution in [2.75, 3.05) is 0 Å². The van der Waals surface area contributed by atoms with Crippen LogP contribution in [0.4, 0.5) is 5.69 Å². The van der Waals surface area contributed by atoms with Gasteiger partial charge in [0, 0.05) is 18.6 Å². The van der Waals surface area contributed by atoms with E-state index in [1.54, 1.807) is 18.2 Å². The van der Waals surface area contributed by atoms with Crippen molar-refractivity contribution in [2.45, 2.75) is 26.4 Å². The van der Waals surface area contributed by atoms with Crippen molar-refractivity contribution < 1.29 is 19.6 Å². The minimum atomic E-state index is -1.12. The van der Waals surface area contributed by atoms with Gasteiger partial charge in [-0.15, -0.1) is 0 Å². The average Bonchev–Trinajstić information content (AvgIpc) is 2.50. The van der Waals surface area contributed by atoms with E-state index in [0.29, 0.717) is 11.3 Å². The molecule has 2 aromatic rings. The topological polar surface area (TPSA) is 89.7 Å². The first-order chi connectivity index (χ1) is 10.9. The molecule has 0 amide bonds. The van der Waals surface area contributed by atoms with Crippen LogP contribution in [0.2, 0.25) is 0 Å². The second-order valence-electron chi connectivity index (χ2n) is 5.32. The zero-order valence-electron chi connectivity index (χ0n) is 12.9. The van der Waals surface area contributed by atoms with Crippen LogP contribution in [-0.2, 0) is 11.2 Å². The molecular weight excluding hydrogens is 298 g/mol. The fourth-order valence-corrected chi connectivity index (χ4v) is 2.14. The number of ether oxygens (including phenoxy) is 1. The van der Waals surface area contributed by atoms with Crippen molar-refractivity contribution in [3.05, 3.63) is 69.3 Å². The molecule has 6 nitrogen and oxygen atoms in total. The van der Waals surface area contributed by atoms with Crippen molar-refractivity contribution in [2.24, 2.45) is 0 Å². The summed E-state index contributed by atoms with van der Waals surface area (Å²) >= 11 is 0. The smallest absolute Gasteiger partial charge is 0.345 e. The van der Waals surface area contributed by atoms with Gasteiger partial charge in [0.2, 0.25) is 0 Å². The number of nitro benzene ring substituents is 1. The predicted molar refractivity (Wildman–Crippen MR) is 84.8 cm³/mol. The SMILES string of the molecule is Cc1ccc(O[C@@H](Cc2cccc([N+](=O)[O-])c2)C(=O)O)cc1C. The number of non-ortho nitro benzene ring substituents is 1. The number of hydrogen-bond donors (Lipinski definition) is 1. The molecule has 0 spiro atoms. The van der Waals surface area contributed by atoms with Gasteiger partial charge < -0.3 is 9.84 Å². The van der Waals surface area contributed by atoms with Crippen molar-refractivity contribution >= 4 is 11.7 Å². The van der Waals surface area contributed by atoms with Gasteiger partial charge in [0.05, 0.1) is 4.92 Å². The van der Waals surface area contributed by atoms with Crippen LogP contribution in [0, 0.1) is 24.0 Å². The van der Waals surface area contributed by atoms with Gasteiger partial charge >= 0.3 is 5.97 Å². The summed E-state index contributed by atoms with van der Waals surface area (Å²) in [6.45, 7) is 3.87. The zero-order chi connectivity index (χ0) is 17.0. The summed E-state index contributed by atoms with van der Waals surface area (Å²) in [4.78, 5) is 21.7. The van der Waals surface area contributed by atoms with Crippen LogP contribution in [0.1, 0.15) is 16.7 Å². The average molecular weight is 315 g/mol. The predicted octanol–water partition coefficient (Wildman–Crippen LogP) is 3.29. The van der Waals surface area contributed by atoms with E-state index in [2.05, 4.69) is 0 Å². The minimum absolute atomic E-state index is 0.0456. The zero-order valence-corrected chi connectivity index (χ0v) is 12.9. The molecule has 0 unspecified atom stereocenters. The third-order valence-corrected chi connectivity index (χ3v) is 3.57. The molecule has 0 aliphatic carbocycles. The number of carboxylic acids is 1. The Bertz CT molecular complexity index is 742. The van der Waals surface area contributed by atoms with Gasteiger partial charge in [-0.1, -0.05) is 18.2 Å². The molecule has 1 atom stereocenters. The van der Waals surface area contributed by atoms with Crippen molar-refractivity contribution in [3.8, 4) is 5.75 Å². The highest BCUT2D eigenvalue weighted by Crippen LogP contribution is 2.20. The summed E-state index contributed by atoms with van der Waals surface area (Å²) in [5.74, 6) is -0.652. The van der Waals surface area contributed by atoms with E-state index in [1.165, 1.54) is 18.2 Å². The highest BCUT2D eigenvalue weighted by Gasteiger charge is 2.21. The summed E-state index contributed by atoms with van der Waals surface area (Å²) in [6, 6.07) is 11.2. The Morgan fingerprint density at radius 1 is 1.22 bits per heavy atom. The number of carboxylic acid groups (broad SMARTS) is 1. The number of rotatable bonds is 6. The molecule has 0 heterocycles. The van der Waals surface area contributed by atoms with Crippen LogP contribution in [0.3, 0.4) is 0 Å². The fraction of sp³-hybridized carbons (Fsp3) is 0.235. The Kier molecular flexibility index (Phi) is 4.95. The summed E-state index contributed by atoms with van der Waals surface area (Å²) in [6.07, 6.45) is -1.07. The summed E-state index contributed by atoms with van der Waals surface area (Å²) < 4.78 is 5.55. The van der Waals surface area contributed by atoms with E-state index in [9.17, 15) is 20.0 Å². The molecule has 0 aromatic heterocycles. The molecule has 0 saturated heterocycles. The van der Waals surface area contributed by atoms with Crippen LogP contribution in [0.5, 0.6) is 5.75 Å². The third-order valence-electron chi connectivity index (χ3n) is 3.57. The summed E-state index contributed by atoms with van der Waals surface area (Å²) in [5.41, 5.74) is 2.55. The highest BCUT2D eigenvalue weighted by molar-refractivity contribution is 5.73. The monoisotopic (exact) mass is 315 g/mol. The van der Waals surface area contributed by atoms with E-state index in [4.69, 9.17) is 4.74 Å². The lowest BCUT2D eigenvalue weighted by atomic mass is 10.1. The Hall–Kier alpha value is -2.89. The van der Waals surface area contributed by atoms with Crippen LogP contribution in [-0.4, -0.2) is 22.1 Å². The van der Waals surface area contributed by atoms with Crippen molar-refractivity contribution in [1.82, 2.24) is 0 Å². The van der Waals surface area contributed by atoms with Gasteiger partial charge in [-0.2, -0.15) is 0 Å². The maximum atomic E-state index is 11.4. The van der Waals surface area contributed by atoms with Crippen LogP contribution >= 0.6 is 0 Å². The number of benzene rings is 2. The maximum absolute atomic E-state index is 11.4. The third kappa shape index (κ3) is 4.29. The largest absolute Gasteiger partial charge is 0.478 e. The van der Waals surface area contributed by atoms with E-state index in [0.717, 1.165) is 11.1 Å². The molecule has 0 aliphatic rings. The number of aliphatic carboxylic acids is 1. The number of aryl methyl sites for hydroxylation is 2. The number of nitro groups is 1. The van der Waals surface area contributed by atoms with Gasteiger partial charge in [0.1, 0.15) is 5.75 Å². The quantitative estimate of drug-likeness (QED) is 0.652. The molecule has 1 N–H and O–H groups in total. The van der Waals surface area contributed by atoms with Crippen LogP contribution in [0.25, 0.3) is 0 Å². The molecule has 2 aromatic carbocycles. The van der Waals surface area contributed by atoms with E-state index in [1.807, 2.05) is 19.9 Å². The normalized spacial score (nSPS) is 11.7. The first-order valence-electron chi connectivity index (χ1n) is 7.07. The van der Waals surface area contributed by atoms with E-state index in [-0.39, 0.29) is 12.1 Å². The molecule has 0 bridgehead atoms. The molecule has 0 aliphatic heterocycles. The lowest BCUT2D eigenvalue weighted by Crippen LogP contribution is -2.29. The second-order valence-corrected chi connectivity index (χ2v) is 5.32. The number of carbonyl (C=O) groups is 1. The molecule has 23 heavy (non-hydrogen) atoms. The molecule has 0 saturated carbocycles. The molecule has 2 rings (SSSR count). The lowest BCUT2D eigenvalue weighted by molar-refractivity contribution is -0.384.